The lowest BCUT2D eigenvalue weighted by molar-refractivity contribution is -0.121. The minimum Gasteiger partial charge on any atom is -0.353 e. The Bertz CT molecular complexity index is 730. The van der Waals surface area contributed by atoms with Crippen LogP contribution in [-0.4, -0.2) is 32.2 Å². The van der Waals surface area contributed by atoms with Crippen LogP contribution in [0, 0.1) is 6.92 Å². The molecule has 1 amide bonds. The predicted octanol–water partition coefficient (Wildman–Crippen LogP) is 0.846. The fourth-order valence-electron chi connectivity index (χ4n) is 2.94. The second kappa shape index (κ2) is 6.72. The van der Waals surface area contributed by atoms with E-state index in [-0.39, 0.29) is 29.8 Å². The molecule has 3 rings (SSSR count). The van der Waals surface area contributed by atoms with Gasteiger partial charge in [0.1, 0.15) is 17.2 Å². The smallest absolute Gasteiger partial charge is 0.250 e. The Morgan fingerprint density at radius 1 is 1.35 bits per heavy atom. The fraction of sp³-hybridized carbons (Fsp3) is 0.533. The lowest BCUT2D eigenvalue weighted by Gasteiger charge is -2.28. The summed E-state index contributed by atoms with van der Waals surface area (Å²) in [6, 6.07) is 1.56. The number of aryl methyl sites for hydroxylation is 1. The molecule has 1 fully saturated rings. The van der Waals surface area contributed by atoms with Crippen LogP contribution in [0.5, 0.6) is 0 Å². The van der Waals surface area contributed by atoms with E-state index in [1.807, 2.05) is 0 Å². The molecule has 0 atom stereocenters. The van der Waals surface area contributed by atoms with Crippen molar-refractivity contribution in [3.05, 3.63) is 39.8 Å². The van der Waals surface area contributed by atoms with Gasteiger partial charge in [0.05, 0.1) is 6.42 Å². The molecule has 0 aliphatic heterocycles. The van der Waals surface area contributed by atoms with Crippen LogP contribution in [0.15, 0.2) is 21.7 Å². The number of nitrogens with zero attached hydrogens (tertiary/aromatic N) is 3. The minimum atomic E-state index is -0.123. The third kappa shape index (κ3) is 3.82. The number of rotatable bonds is 4. The fourth-order valence-corrected chi connectivity index (χ4v) is 2.94. The highest BCUT2D eigenvalue weighted by molar-refractivity contribution is 5.78. The van der Waals surface area contributed by atoms with Gasteiger partial charge in [0.2, 0.25) is 5.91 Å². The average molecular weight is 317 g/mol. The normalized spacial score (nSPS) is 21.1. The summed E-state index contributed by atoms with van der Waals surface area (Å²) in [4.78, 5) is 30.4. The molecule has 0 saturated heterocycles. The number of nitrogens with one attached hydrogen (secondary N) is 2. The van der Waals surface area contributed by atoms with Crippen LogP contribution in [0.4, 0.5) is 0 Å². The van der Waals surface area contributed by atoms with Crippen LogP contribution >= 0.6 is 0 Å². The molecule has 122 valence electrons. The molecule has 2 aromatic heterocycles. The number of carbonyl (C=O) groups is 1. The highest BCUT2D eigenvalue weighted by Gasteiger charge is 2.25. The van der Waals surface area contributed by atoms with Crippen molar-refractivity contribution >= 4 is 5.91 Å². The maximum absolute atomic E-state index is 12.0. The molecular formula is C15H19N5O3. The van der Waals surface area contributed by atoms with E-state index < -0.39 is 0 Å². The highest BCUT2D eigenvalue weighted by Crippen LogP contribution is 2.30. The van der Waals surface area contributed by atoms with E-state index in [9.17, 15) is 9.59 Å². The van der Waals surface area contributed by atoms with E-state index in [2.05, 4.69) is 30.2 Å². The Kier molecular flexibility index (Phi) is 4.50. The van der Waals surface area contributed by atoms with E-state index >= 15 is 0 Å². The van der Waals surface area contributed by atoms with E-state index in [4.69, 9.17) is 0 Å². The summed E-state index contributed by atoms with van der Waals surface area (Å²) in [5.74, 6) is 0.920. The number of H-pyrrole nitrogens is 1. The third-order valence-corrected chi connectivity index (χ3v) is 4.24. The summed E-state index contributed by atoms with van der Waals surface area (Å²) in [7, 11) is 0. The first kappa shape index (κ1) is 15.4. The first-order valence-corrected chi connectivity index (χ1v) is 7.74. The van der Waals surface area contributed by atoms with Crippen LogP contribution in [0.2, 0.25) is 0 Å². The Morgan fingerprint density at radius 2 is 2.13 bits per heavy atom. The standard InChI is InChI=1S/C15H19N5O3/c1-9-12(20-23-19-9)8-14(22)17-11-4-2-10(3-5-11)15-16-7-6-13(21)18-15/h6-7,10-11H,2-5,8H2,1H3,(H,17,22)(H,16,18,21). The lowest BCUT2D eigenvalue weighted by Crippen LogP contribution is -2.38. The topological polar surface area (TPSA) is 114 Å². The average Bonchev–Trinajstić information content (AvgIpc) is 2.93. The first-order chi connectivity index (χ1) is 11.1. The van der Waals surface area contributed by atoms with Gasteiger partial charge in [0, 0.05) is 24.2 Å². The van der Waals surface area contributed by atoms with Gasteiger partial charge in [0.25, 0.3) is 5.56 Å². The Labute approximate surface area is 132 Å². The summed E-state index contributed by atoms with van der Waals surface area (Å²) < 4.78 is 4.59. The van der Waals surface area contributed by atoms with Crippen molar-refractivity contribution < 1.29 is 9.42 Å². The number of aromatic amines is 1. The van der Waals surface area contributed by atoms with Gasteiger partial charge >= 0.3 is 0 Å². The second-order valence-corrected chi connectivity index (χ2v) is 5.91. The summed E-state index contributed by atoms with van der Waals surface area (Å²) in [6.45, 7) is 1.76. The molecule has 0 aromatic carbocycles. The molecule has 1 aliphatic carbocycles. The maximum atomic E-state index is 12.0. The second-order valence-electron chi connectivity index (χ2n) is 5.91. The van der Waals surface area contributed by atoms with Gasteiger partial charge in [-0.15, -0.1) is 0 Å². The molecule has 2 aromatic rings. The van der Waals surface area contributed by atoms with Crippen molar-refractivity contribution in [1.29, 1.82) is 0 Å². The molecule has 0 radical (unpaired) electrons. The van der Waals surface area contributed by atoms with Gasteiger partial charge in [-0.25, -0.2) is 9.61 Å². The minimum absolute atomic E-state index is 0.0708. The monoisotopic (exact) mass is 317 g/mol. The van der Waals surface area contributed by atoms with Crippen molar-refractivity contribution in [2.45, 2.75) is 51.0 Å². The van der Waals surface area contributed by atoms with Gasteiger partial charge in [-0.05, 0) is 32.6 Å². The van der Waals surface area contributed by atoms with E-state index in [0.717, 1.165) is 31.5 Å². The molecular weight excluding hydrogens is 298 g/mol. The third-order valence-electron chi connectivity index (χ3n) is 4.24. The SMILES string of the molecule is Cc1nonc1CC(=O)NC1CCC(c2nccc(=O)[nH]2)CC1. The van der Waals surface area contributed by atoms with Crippen molar-refractivity contribution in [3.8, 4) is 0 Å². The number of amides is 1. The lowest BCUT2D eigenvalue weighted by atomic mass is 9.85. The summed E-state index contributed by atoms with van der Waals surface area (Å²) in [6.07, 6.45) is 5.24. The van der Waals surface area contributed by atoms with Crippen LogP contribution in [0.3, 0.4) is 0 Å². The molecule has 8 nitrogen and oxygen atoms in total. The molecule has 2 heterocycles. The van der Waals surface area contributed by atoms with E-state index in [1.165, 1.54) is 12.3 Å². The van der Waals surface area contributed by atoms with Crippen molar-refractivity contribution in [2.24, 2.45) is 0 Å². The number of carbonyl (C=O) groups excluding carboxylic acids is 1. The first-order valence-electron chi connectivity index (χ1n) is 7.74. The van der Waals surface area contributed by atoms with Crippen molar-refractivity contribution in [3.63, 3.8) is 0 Å². The molecule has 0 spiro atoms. The molecule has 2 N–H and O–H groups in total. The largest absolute Gasteiger partial charge is 0.353 e. The Hall–Kier alpha value is -2.51. The van der Waals surface area contributed by atoms with Crippen molar-refractivity contribution in [2.75, 3.05) is 0 Å². The Morgan fingerprint density at radius 3 is 2.78 bits per heavy atom. The van der Waals surface area contributed by atoms with Crippen LogP contribution in [0.25, 0.3) is 0 Å². The van der Waals surface area contributed by atoms with Gasteiger partial charge in [-0.3, -0.25) is 9.59 Å². The quantitative estimate of drug-likeness (QED) is 0.864. The van der Waals surface area contributed by atoms with Crippen LogP contribution < -0.4 is 10.9 Å². The zero-order valence-corrected chi connectivity index (χ0v) is 12.9. The van der Waals surface area contributed by atoms with E-state index in [1.54, 1.807) is 6.92 Å². The molecule has 8 heteroatoms. The van der Waals surface area contributed by atoms with E-state index in [0.29, 0.717) is 11.4 Å². The van der Waals surface area contributed by atoms with Gasteiger partial charge in [-0.1, -0.05) is 10.3 Å². The maximum Gasteiger partial charge on any atom is 0.250 e. The van der Waals surface area contributed by atoms with Crippen LogP contribution in [-0.2, 0) is 11.2 Å². The predicted molar refractivity (Wildman–Crippen MR) is 80.7 cm³/mol. The van der Waals surface area contributed by atoms with Gasteiger partial charge in [-0.2, -0.15) is 0 Å². The Balaban J connectivity index is 1.50. The van der Waals surface area contributed by atoms with Gasteiger partial charge < -0.3 is 10.3 Å². The highest BCUT2D eigenvalue weighted by atomic mass is 16.6. The summed E-state index contributed by atoms with van der Waals surface area (Å²) in [5.41, 5.74) is 1.09. The molecule has 23 heavy (non-hydrogen) atoms. The number of aromatic nitrogens is 4. The summed E-state index contributed by atoms with van der Waals surface area (Å²) in [5, 5.41) is 10.4. The van der Waals surface area contributed by atoms with Gasteiger partial charge in [0.15, 0.2) is 0 Å². The molecule has 0 unspecified atom stereocenters. The zero-order chi connectivity index (χ0) is 16.2. The summed E-state index contributed by atoms with van der Waals surface area (Å²) >= 11 is 0. The molecule has 1 aliphatic rings. The number of hydrogen-bond donors (Lipinski definition) is 2. The number of hydrogen-bond acceptors (Lipinski definition) is 6. The molecule has 0 bridgehead atoms. The molecule has 1 saturated carbocycles. The van der Waals surface area contributed by atoms with Crippen molar-refractivity contribution in [1.82, 2.24) is 25.6 Å². The zero-order valence-electron chi connectivity index (χ0n) is 12.9. The van der Waals surface area contributed by atoms with Crippen LogP contribution in [0.1, 0.15) is 48.8 Å².